The third-order valence-corrected chi connectivity index (χ3v) is 3.82. The molecule has 0 saturated carbocycles. The van der Waals surface area contributed by atoms with E-state index in [1.807, 2.05) is 48.5 Å². The Hall–Kier alpha value is -3.46. The summed E-state index contributed by atoms with van der Waals surface area (Å²) >= 11 is 0. The molecule has 0 aromatic heterocycles. The summed E-state index contributed by atoms with van der Waals surface area (Å²) in [5, 5.41) is 16.2. The molecule has 0 radical (unpaired) electrons. The molecule has 0 saturated heterocycles. The van der Waals surface area contributed by atoms with Gasteiger partial charge in [0.25, 0.3) is 0 Å². The summed E-state index contributed by atoms with van der Waals surface area (Å²) in [6, 6.07) is 19.0. The van der Waals surface area contributed by atoms with E-state index in [0.717, 1.165) is 11.1 Å². The predicted molar refractivity (Wildman–Crippen MR) is 99.7 cm³/mol. The first kappa shape index (κ1) is 19.9. The maximum absolute atomic E-state index is 11.8. The average Bonchev–Trinajstić information content (AvgIpc) is 2.66. The van der Waals surface area contributed by atoms with Gasteiger partial charge in [0.2, 0.25) is 0 Å². The summed E-state index contributed by atoms with van der Waals surface area (Å²) in [6.45, 7) is 0.461. The minimum atomic E-state index is -1.19. The minimum Gasteiger partial charge on any atom is -0.482 e. The van der Waals surface area contributed by atoms with Gasteiger partial charge in [-0.3, -0.25) is 4.79 Å². The van der Waals surface area contributed by atoms with Crippen molar-refractivity contribution in [1.29, 1.82) is 10.7 Å². The number of hydrogen-bond donors (Lipinski definition) is 1. The Bertz CT molecular complexity index is 856. The predicted octanol–water partition coefficient (Wildman–Crippen LogP) is 2.95. The van der Waals surface area contributed by atoms with Crippen molar-refractivity contribution in [2.45, 2.75) is 13.3 Å². The second-order valence-corrected chi connectivity index (χ2v) is 5.93. The summed E-state index contributed by atoms with van der Waals surface area (Å²) in [5.41, 5.74) is 1.97. The molecule has 6 nitrogen and oxygen atoms in total. The Morgan fingerprint density at radius 1 is 1.07 bits per heavy atom. The van der Waals surface area contributed by atoms with Gasteiger partial charge in [0.05, 0.1) is 6.07 Å². The lowest BCUT2D eigenvalue weighted by Crippen LogP contribution is -2.27. The molecule has 0 aliphatic heterocycles. The number of carbonyl (C=O) groups is 2. The Kier molecular flexibility index (Phi) is 7.26. The Labute approximate surface area is 157 Å². The fourth-order valence-electron chi connectivity index (χ4n) is 2.43. The Morgan fingerprint density at radius 3 is 2.41 bits per heavy atom. The molecule has 2 aromatic rings. The quantitative estimate of drug-likeness (QED) is 0.545. The normalized spacial score (nSPS) is 11.1. The molecule has 0 aliphatic carbocycles. The molecule has 2 rings (SSSR count). The lowest BCUT2D eigenvalue weighted by molar-refractivity contribution is -0.150. The lowest BCUT2D eigenvalue weighted by atomic mass is 10.0. The first-order valence-electron chi connectivity index (χ1n) is 8.39. The number of rotatable bonds is 9. The molecular formula is C21H20N2O4. The molecule has 0 fully saturated rings. The summed E-state index contributed by atoms with van der Waals surface area (Å²) in [6.07, 6.45) is 0.660. The van der Waals surface area contributed by atoms with Crippen LogP contribution in [0.25, 0.3) is 0 Å². The molecule has 1 atom stereocenters. The lowest BCUT2D eigenvalue weighted by Gasteiger charge is -2.12. The van der Waals surface area contributed by atoms with Crippen LogP contribution in [0.4, 0.5) is 0 Å². The van der Waals surface area contributed by atoms with E-state index in [1.54, 1.807) is 12.1 Å². The van der Waals surface area contributed by atoms with Crippen LogP contribution in [0.2, 0.25) is 0 Å². The zero-order chi connectivity index (χ0) is 19.6. The number of hydrogen-bond acceptors (Lipinski definition) is 6. The van der Waals surface area contributed by atoms with Crippen LogP contribution in [0, 0.1) is 22.7 Å². The van der Waals surface area contributed by atoms with E-state index in [9.17, 15) is 9.59 Å². The van der Waals surface area contributed by atoms with Gasteiger partial charge >= 0.3 is 5.97 Å². The molecule has 0 heterocycles. The minimum absolute atomic E-state index is 0.0790. The van der Waals surface area contributed by atoms with Gasteiger partial charge in [-0.25, -0.2) is 4.79 Å². The van der Waals surface area contributed by atoms with Crippen molar-refractivity contribution in [2.75, 3.05) is 13.2 Å². The molecule has 6 heteroatoms. The highest BCUT2D eigenvalue weighted by Crippen LogP contribution is 2.21. The fourth-order valence-corrected chi connectivity index (χ4v) is 2.43. The molecule has 1 unspecified atom stereocenters. The van der Waals surface area contributed by atoms with Gasteiger partial charge in [-0.05, 0) is 24.1 Å². The summed E-state index contributed by atoms with van der Waals surface area (Å²) < 4.78 is 10.4. The highest BCUT2D eigenvalue weighted by molar-refractivity contribution is 6.06. The van der Waals surface area contributed by atoms with Crippen LogP contribution in [0.1, 0.15) is 18.1 Å². The van der Waals surface area contributed by atoms with Crippen molar-refractivity contribution in [3.05, 3.63) is 65.7 Å². The molecular weight excluding hydrogens is 344 g/mol. The number of carbonyl (C=O) groups excluding carboxylic acids is 2. The average molecular weight is 364 g/mol. The zero-order valence-corrected chi connectivity index (χ0v) is 15.0. The monoisotopic (exact) mass is 364 g/mol. The number of nitrogens with one attached hydrogen (secondary N) is 1. The van der Waals surface area contributed by atoms with E-state index in [2.05, 4.69) is 0 Å². The van der Waals surface area contributed by atoms with Crippen LogP contribution in [-0.2, 0) is 20.7 Å². The summed E-state index contributed by atoms with van der Waals surface area (Å²) in [7, 11) is 0. The van der Waals surface area contributed by atoms with Crippen LogP contribution in [-0.4, -0.2) is 30.7 Å². The van der Waals surface area contributed by atoms with Crippen LogP contribution in [0.5, 0.6) is 5.75 Å². The van der Waals surface area contributed by atoms with Crippen molar-refractivity contribution < 1.29 is 19.1 Å². The van der Waals surface area contributed by atoms with Gasteiger partial charge in [-0.1, -0.05) is 48.5 Å². The van der Waals surface area contributed by atoms with Crippen molar-refractivity contribution in [3.63, 3.8) is 0 Å². The molecule has 138 valence electrons. The van der Waals surface area contributed by atoms with Crippen molar-refractivity contribution >= 4 is 17.5 Å². The van der Waals surface area contributed by atoms with Crippen molar-refractivity contribution in [2.24, 2.45) is 5.92 Å². The first-order valence-corrected chi connectivity index (χ1v) is 8.39. The third kappa shape index (κ3) is 6.08. The van der Waals surface area contributed by atoms with Crippen LogP contribution >= 0.6 is 0 Å². The summed E-state index contributed by atoms with van der Waals surface area (Å²) in [5.74, 6) is -1.96. The number of benzene rings is 2. The van der Waals surface area contributed by atoms with Gasteiger partial charge in [-0.15, -0.1) is 0 Å². The van der Waals surface area contributed by atoms with Gasteiger partial charge < -0.3 is 14.9 Å². The number of ether oxygens (including phenoxy) is 2. The molecule has 1 N–H and O–H groups in total. The van der Waals surface area contributed by atoms with E-state index in [1.165, 1.54) is 6.92 Å². The summed E-state index contributed by atoms with van der Waals surface area (Å²) in [4.78, 5) is 23.6. The smallest absolute Gasteiger partial charge is 0.344 e. The van der Waals surface area contributed by atoms with Crippen LogP contribution in [0.3, 0.4) is 0 Å². The van der Waals surface area contributed by atoms with Gasteiger partial charge in [0, 0.05) is 12.1 Å². The maximum Gasteiger partial charge on any atom is 0.344 e. The zero-order valence-electron chi connectivity index (χ0n) is 15.0. The van der Waals surface area contributed by atoms with Gasteiger partial charge in [0.1, 0.15) is 11.7 Å². The molecule has 0 amide bonds. The number of para-hydroxylation sites is 1. The van der Waals surface area contributed by atoms with E-state index < -0.39 is 24.3 Å². The molecule has 0 aliphatic rings. The number of ketones is 1. The Balaban J connectivity index is 1.89. The highest BCUT2D eigenvalue weighted by Gasteiger charge is 2.21. The topological polar surface area (TPSA) is 100 Å². The van der Waals surface area contributed by atoms with Crippen LogP contribution < -0.4 is 4.74 Å². The molecule has 27 heavy (non-hydrogen) atoms. The molecule has 2 aromatic carbocycles. The maximum atomic E-state index is 11.8. The van der Waals surface area contributed by atoms with Gasteiger partial charge in [0.15, 0.2) is 19.0 Å². The van der Waals surface area contributed by atoms with Crippen molar-refractivity contribution in [1.82, 2.24) is 0 Å². The van der Waals surface area contributed by atoms with Crippen LogP contribution in [0.15, 0.2) is 54.6 Å². The largest absolute Gasteiger partial charge is 0.482 e. The van der Waals surface area contributed by atoms with E-state index in [4.69, 9.17) is 20.1 Å². The number of nitrogens with zero attached hydrogens (tertiary/aromatic N) is 1. The van der Waals surface area contributed by atoms with E-state index in [0.29, 0.717) is 12.2 Å². The SMILES string of the molecule is CC(=N)C(C#N)C(=O)COC(=O)COc1ccccc1Cc1ccccc1. The number of esters is 1. The molecule has 0 bridgehead atoms. The standard InChI is InChI=1S/C21H20N2O4/c1-15(23)18(12-22)19(24)13-27-21(25)14-26-20-10-6-5-9-17(20)11-16-7-3-2-4-8-16/h2-10,18,23H,11,13-14H2,1H3. The number of Topliss-reactive ketones (excluding diaryl/α,β-unsaturated/α-hetero) is 1. The third-order valence-electron chi connectivity index (χ3n) is 3.82. The van der Waals surface area contributed by atoms with Gasteiger partial charge in [-0.2, -0.15) is 5.26 Å². The number of nitriles is 1. The molecule has 0 spiro atoms. The van der Waals surface area contributed by atoms with Crippen molar-refractivity contribution in [3.8, 4) is 11.8 Å². The van der Waals surface area contributed by atoms with E-state index >= 15 is 0 Å². The second-order valence-electron chi connectivity index (χ2n) is 5.93. The first-order chi connectivity index (χ1) is 13.0. The Morgan fingerprint density at radius 2 is 1.74 bits per heavy atom. The highest BCUT2D eigenvalue weighted by atomic mass is 16.6. The fraction of sp³-hybridized carbons (Fsp3) is 0.238. The van der Waals surface area contributed by atoms with E-state index in [-0.39, 0.29) is 12.3 Å². The second kappa shape index (κ2) is 9.88.